The van der Waals surface area contributed by atoms with Crippen LogP contribution in [0.3, 0.4) is 0 Å². The van der Waals surface area contributed by atoms with E-state index in [-0.39, 0.29) is 23.3 Å². The Balaban J connectivity index is 2.45. The van der Waals surface area contributed by atoms with Crippen LogP contribution in [0.15, 0.2) is 0 Å². The Hall–Kier alpha value is -0.570. The van der Waals surface area contributed by atoms with Crippen LogP contribution < -0.4 is 5.73 Å². The molecule has 0 saturated heterocycles. The van der Waals surface area contributed by atoms with E-state index in [0.717, 1.165) is 12.8 Å². The third-order valence-corrected chi connectivity index (χ3v) is 3.40. The maximum absolute atomic E-state index is 11.9. The molecule has 0 aromatic heterocycles. The molecule has 82 valence electrons. The van der Waals surface area contributed by atoms with Gasteiger partial charge in [-0.05, 0) is 31.7 Å². The number of amides is 1. The molecule has 0 aliphatic heterocycles. The van der Waals surface area contributed by atoms with Crippen molar-refractivity contribution in [2.75, 3.05) is 13.6 Å². The van der Waals surface area contributed by atoms with Crippen LogP contribution in [0.4, 0.5) is 0 Å². The second-order valence-corrected chi connectivity index (χ2v) is 5.12. The van der Waals surface area contributed by atoms with Gasteiger partial charge in [0.25, 0.3) is 0 Å². The molecule has 3 heteroatoms. The molecule has 1 saturated carbocycles. The van der Waals surface area contributed by atoms with E-state index in [2.05, 4.69) is 20.8 Å². The molecule has 2 atom stereocenters. The first-order valence-electron chi connectivity index (χ1n) is 5.37. The summed E-state index contributed by atoms with van der Waals surface area (Å²) in [7, 11) is 1.89. The summed E-state index contributed by atoms with van der Waals surface area (Å²) in [6, 6.07) is 0.267. The van der Waals surface area contributed by atoms with Crippen molar-refractivity contribution in [3.63, 3.8) is 0 Å². The van der Waals surface area contributed by atoms with Gasteiger partial charge in [0, 0.05) is 19.0 Å². The molecule has 1 aliphatic rings. The van der Waals surface area contributed by atoms with E-state index in [0.29, 0.717) is 6.54 Å². The first-order valence-corrected chi connectivity index (χ1v) is 5.37. The van der Waals surface area contributed by atoms with E-state index in [1.165, 1.54) is 0 Å². The van der Waals surface area contributed by atoms with Gasteiger partial charge in [-0.3, -0.25) is 4.79 Å². The average molecular weight is 198 g/mol. The highest BCUT2D eigenvalue weighted by molar-refractivity contribution is 5.82. The highest BCUT2D eigenvalue weighted by Gasteiger charge is 2.51. The Morgan fingerprint density at radius 2 is 2.14 bits per heavy atom. The van der Waals surface area contributed by atoms with Gasteiger partial charge in [0.2, 0.25) is 5.91 Å². The lowest BCUT2D eigenvalue weighted by Crippen LogP contribution is -2.38. The Morgan fingerprint density at radius 3 is 2.50 bits per heavy atom. The van der Waals surface area contributed by atoms with Crippen molar-refractivity contribution in [3.8, 4) is 0 Å². The van der Waals surface area contributed by atoms with E-state index in [9.17, 15) is 4.79 Å². The maximum atomic E-state index is 11.9. The summed E-state index contributed by atoms with van der Waals surface area (Å²) in [6.07, 6.45) is 1.92. The molecular weight excluding hydrogens is 176 g/mol. The Labute approximate surface area is 86.6 Å². The minimum absolute atomic E-state index is 0.230. The number of hydrogen-bond acceptors (Lipinski definition) is 2. The molecule has 0 aromatic rings. The fourth-order valence-electron chi connectivity index (χ4n) is 1.79. The molecule has 14 heavy (non-hydrogen) atoms. The van der Waals surface area contributed by atoms with Crippen LogP contribution in [0.1, 0.15) is 33.6 Å². The largest absolute Gasteiger partial charge is 0.343 e. The molecule has 1 fully saturated rings. The number of nitrogens with zero attached hydrogens (tertiary/aromatic N) is 1. The highest BCUT2D eigenvalue weighted by Crippen LogP contribution is 2.52. The van der Waals surface area contributed by atoms with Crippen LogP contribution in [-0.2, 0) is 4.79 Å². The molecular formula is C11H22N2O. The molecule has 1 rings (SSSR count). The van der Waals surface area contributed by atoms with Gasteiger partial charge in [-0.25, -0.2) is 0 Å². The van der Waals surface area contributed by atoms with Crippen molar-refractivity contribution >= 4 is 5.91 Å². The topological polar surface area (TPSA) is 46.3 Å². The van der Waals surface area contributed by atoms with Gasteiger partial charge in [0.15, 0.2) is 0 Å². The van der Waals surface area contributed by atoms with Gasteiger partial charge in [0.1, 0.15) is 0 Å². The fourth-order valence-corrected chi connectivity index (χ4v) is 1.79. The Bertz CT molecular complexity index is 225. The lowest BCUT2D eigenvalue weighted by atomic mass is 10.1. The number of hydrogen-bond donors (Lipinski definition) is 1. The monoisotopic (exact) mass is 198 g/mol. The minimum Gasteiger partial charge on any atom is -0.343 e. The molecule has 0 spiro atoms. The third kappa shape index (κ3) is 2.27. The van der Waals surface area contributed by atoms with Crippen LogP contribution in [0.25, 0.3) is 0 Å². The van der Waals surface area contributed by atoms with E-state index in [4.69, 9.17) is 5.73 Å². The van der Waals surface area contributed by atoms with Crippen LogP contribution in [0.2, 0.25) is 0 Å². The third-order valence-electron chi connectivity index (χ3n) is 3.40. The van der Waals surface area contributed by atoms with Crippen LogP contribution in [-0.4, -0.2) is 30.4 Å². The van der Waals surface area contributed by atoms with Crippen LogP contribution >= 0.6 is 0 Å². The van der Waals surface area contributed by atoms with Gasteiger partial charge in [-0.15, -0.1) is 0 Å². The van der Waals surface area contributed by atoms with E-state index >= 15 is 0 Å². The summed E-state index contributed by atoms with van der Waals surface area (Å²) in [5.41, 5.74) is 5.70. The molecule has 3 nitrogen and oxygen atoms in total. The first-order chi connectivity index (χ1) is 6.40. The second kappa shape index (κ2) is 3.89. The number of nitrogens with two attached hydrogens (primary N) is 1. The molecule has 2 unspecified atom stereocenters. The second-order valence-electron chi connectivity index (χ2n) is 5.12. The zero-order chi connectivity index (χ0) is 10.9. The van der Waals surface area contributed by atoms with Crippen molar-refractivity contribution in [3.05, 3.63) is 0 Å². The van der Waals surface area contributed by atoms with Gasteiger partial charge in [0.05, 0.1) is 0 Å². The SMILES string of the molecule is CC(CCN)N(C)C(=O)C1CC1(C)C. The van der Waals surface area contributed by atoms with Crippen molar-refractivity contribution < 1.29 is 4.79 Å². The lowest BCUT2D eigenvalue weighted by molar-refractivity contribution is -0.133. The van der Waals surface area contributed by atoms with E-state index in [1.807, 2.05) is 11.9 Å². The Kier molecular flexibility index (Phi) is 3.20. The van der Waals surface area contributed by atoms with Crippen LogP contribution in [0.5, 0.6) is 0 Å². The Morgan fingerprint density at radius 1 is 1.64 bits per heavy atom. The fraction of sp³-hybridized carbons (Fsp3) is 0.909. The van der Waals surface area contributed by atoms with Gasteiger partial charge in [-0.1, -0.05) is 13.8 Å². The minimum atomic E-state index is 0.230. The average Bonchev–Trinajstić information content (AvgIpc) is 2.73. The highest BCUT2D eigenvalue weighted by atomic mass is 16.2. The predicted molar refractivity (Wildman–Crippen MR) is 57.8 cm³/mol. The quantitative estimate of drug-likeness (QED) is 0.738. The van der Waals surface area contributed by atoms with Crippen molar-refractivity contribution in [2.24, 2.45) is 17.1 Å². The first kappa shape index (κ1) is 11.5. The van der Waals surface area contributed by atoms with Crippen molar-refractivity contribution in [1.29, 1.82) is 0 Å². The molecule has 1 amide bonds. The van der Waals surface area contributed by atoms with E-state index < -0.39 is 0 Å². The zero-order valence-electron chi connectivity index (χ0n) is 9.71. The smallest absolute Gasteiger partial charge is 0.226 e. The zero-order valence-corrected chi connectivity index (χ0v) is 9.71. The normalized spacial score (nSPS) is 25.6. The standard InChI is InChI=1S/C11H22N2O/c1-8(5-6-12)13(4)10(14)9-7-11(9,2)3/h8-9H,5-7,12H2,1-4H3. The number of rotatable bonds is 4. The molecule has 0 aromatic carbocycles. The molecule has 0 heterocycles. The lowest BCUT2D eigenvalue weighted by Gasteiger charge is -2.25. The summed E-state index contributed by atoms with van der Waals surface area (Å²) in [4.78, 5) is 13.8. The van der Waals surface area contributed by atoms with Crippen LogP contribution in [0, 0.1) is 11.3 Å². The van der Waals surface area contributed by atoms with Gasteiger partial charge < -0.3 is 10.6 Å². The molecule has 0 radical (unpaired) electrons. The van der Waals surface area contributed by atoms with Crippen molar-refractivity contribution in [1.82, 2.24) is 4.90 Å². The summed E-state index contributed by atoms with van der Waals surface area (Å²) >= 11 is 0. The predicted octanol–water partition coefficient (Wildman–Crippen LogP) is 1.23. The van der Waals surface area contributed by atoms with Gasteiger partial charge >= 0.3 is 0 Å². The van der Waals surface area contributed by atoms with E-state index in [1.54, 1.807) is 0 Å². The summed E-state index contributed by atoms with van der Waals surface area (Å²) in [6.45, 7) is 7.00. The number of carbonyl (C=O) groups excluding carboxylic acids is 1. The summed E-state index contributed by atoms with van der Waals surface area (Å²) in [5, 5.41) is 0. The summed E-state index contributed by atoms with van der Waals surface area (Å²) < 4.78 is 0. The maximum Gasteiger partial charge on any atom is 0.226 e. The molecule has 2 N–H and O–H groups in total. The van der Waals surface area contributed by atoms with Gasteiger partial charge in [-0.2, -0.15) is 0 Å². The molecule has 0 bridgehead atoms. The molecule has 1 aliphatic carbocycles. The number of carbonyl (C=O) groups is 1. The van der Waals surface area contributed by atoms with Crippen molar-refractivity contribution in [2.45, 2.75) is 39.7 Å². The summed E-state index contributed by atoms with van der Waals surface area (Å²) in [5.74, 6) is 0.531.